The number of hydrogen-bond donors (Lipinski definition) is 0. The highest BCUT2D eigenvalue weighted by Gasteiger charge is 2.31. The molecule has 2 aliphatic heterocycles. The standard InChI is InChI=1S/C19H25N3O2S2/c1-20(2)16-6-4-15(5-7-16)14-17-18(23)22(19(25)26-17)9-3-8-21-10-12-24-13-11-21/h4-7,14H,3,8-13H2,1-2H3/b17-14+. The van der Waals surface area contributed by atoms with Gasteiger partial charge in [-0.25, -0.2) is 0 Å². The second kappa shape index (κ2) is 8.99. The van der Waals surface area contributed by atoms with E-state index in [0.717, 1.165) is 50.5 Å². The van der Waals surface area contributed by atoms with Crippen LogP contribution in [0.2, 0.25) is 0 Å². The van der Waals surface area contributed by atoms with E-state index in [1.165, 1.54) is 11.8 Å². The molecule has 2 aliphatic rings. The zero-order valence-corrected chi connectivity index (χ0v) is 16.9. The minimum Gasteiger partial charge on any atom is -0.379 e. The average Bonchev–Trinajstić information content (AvgIpc) is 2.90. The van der Waals surface area contributed by atoms with Crippen LogP contribution in [0.3, 0.4) is 0 Å². The molecule has 3 rings (SSSR count). The largest absolute Gasteiger partial charge is 0.379 e. The molecule has 2 fully saturated rings. The number of benzene rings is 1. The number of nitrogens with zero attached hydrogens (tertiary/aromatic N) is 3. The van der Waals surface area contributed by atoms with Crippen molar-refractivity contribution < 1.29 is 9.53 Å². The van der Waals surface area contributed by atoms with Crippen LogP contribution in [-0.4, -0.2) is 73.5 Å². The Balaban J connectivity index is 1.57. The zero-order valence-electron chi connectivity index (χ0n) is 15.3. The van der Waals surface area contributed by atoms with Crippen molar-refractivity contribution in [2.75, 3.05) is 58.4 Å². The molecular weight excluding hydrogens is 366 g/mol. The van der Waals surface area contributed by atoms with E-state index >= 15 is 0 Å². The number of carbonyl (C=O) groups is 1. The predicted molar refractivity (Wildman–Crippen MR) is 113 cm³/mol. The van der Waals surface area contributed by atoms with E-state index in [0.29, 0.717) is 15.8 Å². The molecular formula is C19H25N3O2S2. The lowest BCUT2D eigenvalue weighted by atomic mass is 10.2. The van der Waals surface area contributed by atoms with E-state index in [1.54, 1.807) is 4.90 Å². The van der Waals surface area contributed by atoms with Crippen LogP contribution in [0.15, 0.2) is 29.2 Å². The number of amides is 1. The van der Waals surface area contributed by atoms with Gasteiger partial charge in [0.05, 0.1) is 18.1 Å². The van der Waals surface area contributed by atoms with E-state index in [2.05, 4.69) is 21.9 Å². The number of thioether (sulfide) groups is 1. The Morgan fingerprint density at radius 3 is 2.54 bits per heavy atom. The molecule has 0 saturated carbocycles. The summed E-state index contributed by atoms with van der Waals surface area (Å²) in [5.74, 6) is 0.0265. The van der Waals surface area contributed by atoms with Crippen LogP contribution < -0.4 is 4.90 Å². The molecule has 0 spiro atoms. The van der Waals surface area contributed by atoms with Gasteiger partial charge in [0.15, 0.2) is 0 Å². The smallest absolute Gasteiger partial charge is 0.266 e. The van der Waals surface area contributed by atoms with E-state index in [4.69, 9.17) is 17.0 Å². The fourth-order valence-electron chi connectivity index (χ4n) is 2.99. The third-order valence-corrected chi connectivity index (χ3v) is 5.92. The first-order chi connectivity index (χ1) is 12.5. The Morgan fingerprint density at radius 2 is 1.88 bits per heavy atom. The van der Waals surface area contributed by atoms with Gasteiger partial charge in [0.25, 0.3) is 5.91 Å². The summed E-state index contributed by atoms with van der Waals surface area (Å²) in [6.45, 7) is 5.21. The average molecular weight is 392 g/mol. The normalized spacial score (nSPS) is 20.2. The Bertz CT molecular complexity index is 683. The maximum Gasteiger partial charge on any atom is 0.266 e. The minimum absolute atomic E-state index is 0.0265. The summed E-state index contributed by atoms with van der Waals surface area (Å²) >= 11 is 6.82. The number of carbonyl (C=O) groups excluding carboxylic acids is 1. The summed E-state index contributed by atoms with van der Waals surface area (Å²) in [4.78, 5) is 19.6. The maximum absolute atomic E-state index is 12.7. The maximum atomic E-state index is 12.7. The van der Waals surface area contributed by atoms with Crippen LogP contribution in [0, 0.1) is 0 Å². The molecule has 0 unspecified atom stereocenters. The Hall–Kier alpha value is -1.41. The molecule has 140 valence electrons. The van der Waals surface area contributed by atoms with Gasteiger partial charge in [-0.2, -0.15) is 0 Å². The molecule has 5 nitrogen and oxygen atoms in total. The Kier molecular flexibility index (Phi) is 6.69. The van der Waals surface area contributed by atoms with E-state index in [-0.39, 0.29) is 5.91 Å². The van der Waals surface area contributed by atoms with Gasteiger partial charge in [0.2, 0.25) is 0 Å². The molecule has 1 aromatic carbocycles. The molecule has 2 heterocycles. The predicted octanol–water partition coefficient (Wildman–Crippen LogP) is 2.68. The van der Waals surface area contributed by atoms with Crippen molar-refractivity contribution in [3.63, 3.8) is 0 Å². The molecule has 0 N–H and O–H groups in total. The molecule has 0 radical (unpaired) electrons. The number of rotatable bonds is 6. The molecule has 2 saturated heterocycles. The number of hydrogen-bond acceptors (Lipinski definition) is 6. The van der Waals surface area contributed by atoms with Gasteiger partial charge in [-0.1, -0.05) is 36.1 Å². The molecule has 1 aromatic rings. The van der Waals surface area contributed by atoms with E-state index in [1.807, 2.05) is 32.3 Å². The molecule has 1 amide bonds. The highest BCUT2D eigenvalue weighted by atomic mass is 32.2. The highest BCUT2D eigenvalue weighted by Crippen LogP contribution is 2.32. The monoisotopic (exact) mass is 391 g/mol. The topological polar surface area (TPSA) is 36.0 Å². The lowest BCUT2D eigenvalue weighted by molar-refractivity contribution is -0.122. The summed E-state index contributed by atoms with van der Waals surface area (Å²) in [5.41, 5.74) is 2.15. The van der Waals surface area contributed by atoms with Crippen molar-refractivity contribution in [3.05, 3.63) is 34.7 Å². The first-order valence-electron chi connectivity index (χ1n) is 8.87. The summed E-state index contributed by atoms with van der Waals surface area (Å²) in [6.07, 6.45) is 2.86. The van der Waals surface area contributed by atoms with Crippen LogP contribution in [0.1, 0.15) is 12.0 Å². The zero-order chi connectivity index (χ0) is 18.5. The van der Waals surface area contributed by atoms with Gasteiger partial charge in [0.1, 0.15) is 4.32 Å². The first kappa shape index (κ1) is 19.4. The third kappa shape index (κ3) is 4.85. The number of anilines is 1. The van der Waals surface area contributed by atoms with Crippen LogP contribution in [-0.2, 0) is 9.53 Å². The van der Waals surface area contributed by atoms with E-state index < -0.39 is 0 Å². The molecule has 0 atom stereocenters. The fraction of sp³-hybridized carbons (Fsp3) is 0.474. The third-order valence-electron chi connectivity index (χ3n) is 4.54. The summed E-state index contributed by atoms with van der Waals surface area (Å²) in [5, 5.41) is 0. The molecule has 0 bridgehead atoms. The fourth-order valence-corrected chi connectivity index (χ4v) is 4.30. The van der Waals surface area contributed by atoms with Crippen molar-refractivity contribution in [1.82, 2.24) is 9.80 Å². The van der Waals surface area contributed by atoms with Crippen LogP contribution >= 0.6 is 24.0 Å². The summed E-state index contributed by atoms with van der Waals surface area (Å²) < 4.78 is 6.02. The molecule has 0 aromatic heterocycles. The Labute approximate surface area is 165 Å². The van der Waals surface area contributed by atoms with Gasteiger partial charge in [-0.05, 0) is 30.2 Å². The van der Waals surface area contributed by atoms with Crippen molar-refractivity contribution in [3.8, 4) is 0 Å². The summed E-state index contributed by atoms with van der Waals surface area (Å²) in [6, 6.07) is 8.16. The van der Waals surface area contributed by atoms with E-state index in [9.17, 15) is 4.79 Å². The van der Waals surface area contributed by atoms with Crippen molar-refractivity contribution in [2.45, 2.75) is 6.42 Å². The van der Waals surface area contributed by atoms with Crippen molar-refractivity contribution in [2.24, 2.45) is 0 Å². The number of ether oxygens (including phenoxy) is 1. The van der Waals surface area contributed by atoms with Crippen LogP contribution in [0.4, 0.5) is 5.69 Å². The molecule has 7 heteroatoms. The van der Waals surface area contributed by atoms with Gasteiger partial charge < -0.3 is 9.64 Å². The molecule has 26 heavy (non-hydrogen) atoms. The number of morpholine rings is 1. The van der Waals surface area contributed by atoms with Crippen molar-refractivity contribution >= 4 is 46.0 Å². The lowest BCUT2D eigenvalue weighted by Crippen LogP contribution is -2.38. The second-order valence-corrected chi connectivity index (χ2v) is 8.30. The van der Waals surface area contributed by atoms with Crippen LogP contribution in [0.5, 0.6) is 0 Å². The van der Waals surface area contributed by atoms with Crippen molar-refractivity contribution in [1.29, 1.82) is 0 Å². The van der Waals surface area contributed by atoms with Gasteiger partial charge in [0, 0.05) is 46.0 Å². The lowest BCUT2D eigenvalue weighted by Gasteiger charge is -2.27. The first-order valence-corrected chi connectivity index (χ1v) is 10.1. The van der Waals surface area contributed by atoms with Gasteiger partial charge in [-0.3, -0.25) is 14.6 Å². The number of thiocarbonyl (C=S) groups is 1. The summed E-state index contributed by atoms with van der Waals surface area (Å²) in [7, 11) is 4.02. The highest BCUT2D eigenvalue weighted by molar-refractivity contribution is 8.26. The SMILES string of the molecule is CN(C)c1ccc(/C=C2/SC(=S)N(CCCN3CCOCC3)C2=O)cc1. The quantitative estimate of drug-likeness (QED) is 0.548. The van der Waals surface area contributed by atoms with Gasteiger partial charge >= 0.3 is 0 Å². The molecule has 0 aliphatic carbocycles. The minimum atomic E-state index is 0.0265. The van der Waals surface area contributed by atoms with Crippen LogP contribution in [0.25, 0.3) is 6.08 Å². The van der Waals surface area contributed by atoms with Gasteiger partial charge in [-0.15, -0.1) is 0 Å². The Morgan fingerprint density at radius 1 is 1.19 bits per heavy atom. The second-order valence-electron chi connectivity index (χ2n) is 6.63.